The number of hydrogen-bond acceptors (Lipinski definition) is 7. The third-order valence-electron chi connectivity index (χ3n) is 1.80. The first-order valence-electron chi connectivity index (χ1n) is 4.38. The zero-order chi connectivity index (χ0) is 14.2. The van der Waals surface area contributed by atoms with E-state index in [-0.39, 0.29) is 0 Å². The summed E-state index contributed by atoms with van der Waals surface area (Å²) in [7, 11) is 0. The van der Waals surface area contributed by atoms with Crippen LogP contribution in [0.3, 0.4) is 0 Å². The molecule has 0 atom stereocenters. The Morgan fingerprint density at radius 1 is 1.42 bits per heavy atom. The number of aromatic nitrogens is 6. The second kappa shape index (κ2) is 4.72. The fourth-order valence-electron chi connectivity index (χ4n) is 1.07. The lowest BCUT2D eigenvalue weighted by atomic mass is 10.7. The van der Waals surface area contributed by atoms with E-state index in [1.54, 1.807) is 0 Å². The maximum atomic E-state index is 11.9. The molecule has 13 heteroatoms. The summed E-state index contributed by atoms with van der Waals surface area (Å²) in [6, 6.07) is -0.989. The molecule has 0 radical (unpaired) electrons. The molecule has 0 aromatic carbocycles. The quantitative estimate of drug-likeness (QED) is 0.437. The average Bonchev–Trinajstić information content (AvgIpc) is 2.96. The molecule has 19 heavy (non-hydrogen) atoms. The molecule has 0 saturated heterocycles. The molecule has 0 saturated carbocycles. The predicted octanol–water partition coefficient (Wildman–Crippen LogP) is 1.12. The number of nitro groups is 1. The van der Waals surface area contributed by atoms with Gasteiger partial charge in [-0.25, -0.2) is 9.78 Å². The van der Waals surface area contributed by atoms with Gasteiger partial charge in [-0.2, -0.15) is 4.68 Å². The van der Waals surface area contributed by atoms with E-state index in [0.29, 0.717) is 9.36 Å². The number of hydrogen-bond donors (Lipinski definition) is 0. The standard InChI is InChI=1S/C6H2Cl3N7O3/c7-6(8,9)3-12-4(16(18)19)15(13-3)5(17)14-2-10-1-11-14/h1-2H. The van der Waals surface area contributed by atoms with Gasteiger partial charge in [-0.1, -0.05) is 39.9 Å². The summed E-state index contributed by atoms with van der Waals surface area (Å²) in [5.74, 6) is -1.40. The minimum atomic E-state index is -2.10. The van der Waals surface area contributed by atoms with Crippen molar-refractivity contribution in [2.45, 2.75) is 3.79 Å². The van der Waals surface area contributed by atoms with Gasteiger partial charge in [0, 0.05) is 0 Å². The van der Waals surface area contributed by atoms with Crippen molar-refractivity contribution in [2.24, 2.45) is 0 Å². The second-order valence-electron chi connectivity index (χ2n) is 3.02. The smallest absolute Gasteiger partial charge is 0.390 e. The summed E-state index contributed by atoms with van der Waals surface area (Å²) >= 11 is 16.5. The van der Waals surface area contributed by atoms with Crippen LogP contribution in [-0.4, -0.2) is 40.5 Å². The molecule has 0 bridgehead atoms. The Balaban J connectivity index is 2.53. The summed E-state index contributed by atoms with van der Waals surface area (Å²) in [6.45, 7) is 0. The molecule has 0 fully saturated rings. The molecule has 10 nitrogen and oxygen atoms in total. The molecule has 0 aliphatic rings. The Kier molecular flexibility index (Phi) is 3.39. The average molecular weight is 326 g/mol. The summed E-state index contributed by atoms with van der Waals surface area (Å²) < 4.78 is -1.03. The first-order chi connectivity index (χ1) is 8.80. The van der Waals surface area contributed by atoms with E-state index in [1.165, 1.54) is 0 Å². The molecule has 2 aromatic rings. The van der Waals surface area contributed by atoms with Crippen LogP contribution in [0.2, 0.25) is 0 Å². The molecule has 0 spiro atoms. The lowest BCUT2D eigenvalue weighted by Gasteiger charge is -1.99. The topological polar surface area (TPSA) is 122 Å². The van der Waals surface area contributed by atoms with Gasteiger partial charge in [0.25, 0.3) is 9.62 Å². The van der Waals surface area contributed by atoms with E-state index < -0.39 is 26.5 Å². The number of carbonyl (C=O) groups excluding carboxylic acids is 1. The summed E-state index contributed by atoms with van der Waals surface area (Å²) in [6.07, 6.45) is 2.10. The van der Waals surface area contributed by atoms with E-state index in [2.05, 4.69) is 20.2 Å². The number of carbonyl (C=O) groups is 1. The van der Waals surface area contributed by atoms with Crippen LogP contribution in [0.15, 0.2) is 12.7 Å². The zero-order valence-electron chi connectivity index (χ0n) is 8.64. The van der Waals surface area contributed by atoms with Crippen LogP contribution in [0, 0.1) is 10.1 Å². The van der Waals surface area contributed by atoms with Gasteiger partial charge in [0.1, 0.15) is 12.7 Å². The highest BCUT2D eigenvalue weighted by Crippen LogP contribution is 2.36. The fourth-order valence-corrected chi connectivity index (χ4v) is 1.31. The van der Waals surface area contributed by atoms with Gasteiger partial charge in [-0.05, 0) is 14.6 Å². The number of halogens is 3. The Labute approximate surface area is 119 Å². The van der Waals surface area contributed by atoms with Crippen LogP contribution in [0.25, 0.3) is 0 Å². The summed E-state index contributed by atoms with van der Waals surface area (Å²) in [5.41, 5.74) is 0. The van der Waals surface area contributed by atoms with E-state index >= 15 is 0 Å². The van der Waals surface area contributed by atoms with Crippen molar-refractivity contribution in [3.63, 3.8) is 0 Å². The molecule has 2 heterocycles. The van der Waals surface area contributed by atoms with Crippen molar-refractivity contribution in [1.82, 2.24) is 29.5 Å². The fraction of sp³-hybridized carbons (Fsp3) is 0.167. The number of rotatable bonds is 1. The van der Waals surface area contributed by atoms with Crippen LogP contribution in [-0.2, 0) is 3.79 Å². The maximum absolute atomic E-state index is 11.9. The zero-order valence-corrected chi connectivity index (χ0v) is 10.9. The Morgan fingerprint density at radius 3 is 2.58 bits per heavy atom. The normalized spacial score (nSPS) is 11.5. The number of nitrogens with zero attached hydrogens (tertiary/aromatic N) is 7. The highest BCUT2D eigenvalue weighted by atomic mass is 35.6. The van der Waals surface area contributed by atoms with Gasteiger partial charge in [0.05, 0.1) is 0 Å². The molecule has 0 amide bonds. The van der Waals surface area contributed by atoms with Gasteiger partial charge in [0.15, 0.2) is 0 Å². The van der Waals surface area contributed by atoms with Crippen LogP contribution < -0.4 is 0 Å². The van der Waals surface area contributed by atoms with Crippen molar-refractivity contribution in [2.75, 3.05) is 0 Å². The van der Waals surface area contributed by atoms with Crippen LogP contribution >= 0.6 is 34.8 Å². The van der Waals surface area contributed by atoms with Crippen molar-refractivity contribution in [3.8, 4) is 0 Å². The first kappa shape index (κ1) is 13.6. The SMILES string of the molecule is O=C(n1cncn1)n1nc(C(Cl)(Cl)Cl)nc1[N+](=O)[O-]. The highest BCUT2D eigenvalue weighted by molar-refractivity contribution is 6.66. The lowest BCUT2D eigenvalue weighted by molar-refractivity contribution is -0.395. The third kappa shape index (κ3) is 2.64. The van der Waals surface area contributed by atoms with E-state index in [1.807, 2.05) is 0 Å². The van der Waals surface area contributed by atoms with E-state index in [4.69, 9.17) is 34.8 Å². The van der Waals surface area contributed by atoms with Crippen LogP contribution in [0.4, 0.5) is 10.7 Å². The molecular weight excluding hydrogens is 324 g/mol. The number of alkyl halides is 3. The monoisotopic (exact) mass is 325 g/mol. The van der Waals surface area contributed by atoms with Gasteiger partial charge < -0.3 is 10.1 Å². The highest BCUT2D eigenvalue weighted by Gasteiger charge is 2.38. The molecule has 0 aliphatic heterocycles. The van der Waals surface area contributed by atoms with E-state index in [9.17, 15) is 14.9 Å². The van der Waals surface area contributed by atoms with E-state index in [0.717, 1.165) is 12.7 Å². The Morgan fingerprint density at radius 2 is 2.11 bits per heavy atom. The molecular formula is C6H2Cl3N7O3. The van der Waals surface area contributed by atoms with Gasteiger partial charge >= 0.3 is 12.0 Å². The molecule has 100 valence electrons. The summed E-state index contributed by atoms with van der Waals surface area (Å²) in [4.78, 5) is 28.6. The first-order valence-corrected chi connectivity index (χ1v) is 5.52. The maximum Gasteiger partial charge on any atom is 0.465 e. The molecule has 0 N–H and O–H groups in total. The molecule has 0 aliphatic carbocycles. The van der Waals surface area contributed by atoms with Crippen molar-refractivity contribution in [3.05, 3.63) is 28.6 Å². The molecule has 0 unspecified atom stereocenters. The molecule has 2 rings (SSSR count). The Hall–Kier alpha value is -1.78. The largest absolute Gasteiger partial charge is 0.465 e. The summed E-state index contributed by atoms with van der Waals surface area (Å²) in [5, 5.41) is 17.8. The van der Waals surface area contributed by atoms with Crippen LogP contribution in [0.5, 0.6) is 0 Å². The van der Waals surface area contributed by atoms with Crippen molar-refractivity contribution < 1.29 is 9.72 Å². The lowest BCUT2D eigenvalue weighted by Crippen LogP contribution is -2.23. The third-order valence-corrected chi connectivity index (χ3v) is 2.31. The van der Waals surface area contributed by atoms with Crippen molar-refractivity contribution >= 4 is 46.8 Å². The predicted molar refractivity (Wildman–Crippen MR) is 62.1 cm³/mol. The van der Waals surface area contributed by atoms with Gasteiger partial charge in [-0.3, -0.25) is 0 Å². The van der Waals surface area contributed by atoms with Gasteiger partial charge in [0.2, 0.25) is 0 Å². The molecule has 2 aromatic heterocycles. The minimum absolute atomic E-state index is 0.353. The Bertz CT molecular complexity index is 631. The van der Waals surface area contributed by atoms with Crippen LogP contribution in [0.1, 0.15) is 5.82 Å². The van der Waals surface area contributed by atoms with Gasteiger partial charge in [-0.15, -0.1) is 5.10 Å². The minimum Gasteiger partial charge on any atom is -0.390 e. The second-order valence-corrected chi connectivity index (χ2v) is 5.31. The van der Waals surface area contributed by atoms with Crippen molar-refractivity contribution in [1.29, 1.82) is 0 Å².